The van der Waals surface area contributed by atoms with Gasteiger partial charge in [-0.15, -0.1) is 0 Å². The van der Waals surface area contributed by atoms with Crippen molar-refractivity contribution in [1.82, 2.24) is 0 Å². The van der Waals surface area contributed by atoms with Crippen LogP contribution in [0.25, 0.3) is 0 Å². The molecule has 3 N–H and O–H groups in total. The lowest BCUT2D eigenvalue weighted by molar-refractivity contribution is -0.117. The number of alkyl halides is 3. The molecule has 1 aliphatic carbocycles. The van der Waals surface area contributed by atoms with E-state index in [-0.39, 0.29) is 27.9 Å². The Hall–Kier alpha value is -2.94. The normalized spacial score (nSPS) is 15.8. The highest BCUT2D eigenvalue weighted by atomic mass is 32.2. The van der Waals surface area contributed by atoms with E-state index in [1.807, 2.05) is 13.8 Å². The van der Waals surface area contributed by atoms with Crippen molar-refractivity contribution in [3.8, 4) is 0 Å². The molecule has 0 fully saturated rings. The van der Waals surface area contributed by atoms with Gasteiger partial charge in [0.15, 0.2) is 5.78 Å². The minimum Gasteiger partial charge on any atom is -0.357 e. The molecule has 0 atom stereocenters. The number of hydrogen-bond acceptors (Lipinski definition) is 4. The van der Waals surface area contributed by atoms with Crippen LogP contribution in [0.15, 0.2) is 65.2 Å². The number of halogens is 3. The van der Waals surface area contributed by atoms with E-state index in [2.05, 4.69) is 16.0 Å². The van der Waals surface area contributed by atoms with Crippen LogP contribution in [-0.2, 0) is 4.79 Å². The van der Waals surface area contributed by atoms with E-state index in [9.17, 15) is 22.8 Å². The molecule has 2 aromatic carbocycles. The predicted molar refractivity (Wildman–Crippen MR) is 117 cm³/mol. The number of nitrogens with one attached hydrogen (secondary N) is 3. The Bertz CT molecular complexity index is 1000. The third kappa shape index (κ3) is 7.06. The minimum absolute atomic E-state index is 0.0335. The summed E-state index contributed by atoms with van der Waals surface area (Å²) in [6.07, 6.45) is 2.77. The zero-order chi connectivity index (χ0) is 22.6. The van der Waals surface area contributed by atoms with Crippen molar-refractivity contribution in [1.29, 1.82) is 0 Å². The van der Waals surface area contributed by atoms with Gasteiger partial charge >= 0.3 is 11.5 Å². The molecule has 0 aromatic heterocycles. The average Bonchev–Trinajstić information content (AvgIpc) is 2.62. The van der Waals surface area contributed by atoms with E-state index >= 15 is 0 Å². The van der Waals surface area contributed by atoms with E-state index < -0.39 is 11.5 Å². The average molecular weight is 449 g/mol. The number of ketones is 1. The van der Waals surface area contributed by atoms with Crippen LogP contribution in [0.4, 0.5) is 35.0 Å². The van der Waals surface area contributed by atoms with Crippen LogP contribution in [0.2, 0.25) is 0 Å². The second kappa shape index (κ2) is 9.05. The van der Waals surface area contributed by atoms with Crippen molar-refractivity contribution in [2.45, 2.75) is 37.1 Å². The summed E-state index contributed by atoms with van der Waals surface area (Å²) in [7, 11) is 0. The number of anilines is 3. The second-order valence-electron chi connectivity index (χ2n) is 7.98. The third-order valence-corrected chi connectivity index (χ3v) is 5.21. The van der Waals surface area contributed by atoms with Crippen LogP contribution >= 0.6 is 11.8 Å². The number of amides is 2. The number of benzene rings is 2. The zero-order valence-electron chi connectivity index (χ0n) is 17.0. The Morgan fingerprint density at radius 1 is 0.968 bits per heavy atom. The van der Waals surface area contributed by atoms with E-state index in [1.165, 1.54) is 24.3 Å². The summed E-state index contributed by atoms with van der Waals surface area (Å²) >= 11 is -0.217. The van der Waals surface area contributed by atoms with E-state index in [1.54, 1.807) is 30.3 Å². The molecular weight excluding hydrogens is 427 g/mol. The Morgan fingerprint density at radius 2 is 1.61 bits per heavy atom. The molecule has 2 amide bonds. The molecule has 0 spiro atoms. The maximum Gasteiger partial charge on any atom is 0.446 e. The lowest BCUT2D eigenvalue weighted by atomic mass is 9.79. The highest BCUT2D eigenvalue weighted by molar-refractivity contribution is 8.00. The van der Waals surface area contributed by atoms with Crippen molar-refractivity contribution < 1.29 is 22.8 Å². The van der Waals surface area contributed by atoms with Crippen molar-refractivity contribution in [2.24, 2.45) is 5.41 Å². The van der Waals surface area contributed by atoms with Gasteiger partial charge in [0.05, 0.1) is 11.4 Å². The van der Waals surface area contributed by atoms with Crippen LogP contribution in [-0.4, -0.2) is 17.3 Å². The number of thioether (sulfide) groups is 1. The molecule has 0 bridgehead atoms. The minimum atomic E-state index is -4.36. The predicted octanol–water partition coefficient (Wildman–Crippen LogP) is 6.63. The van der Waals surface area contributed by atoms with Gasteiger partial charge in [0, 0.05) is 28.8 Å². The summed E-state index contributed by atoms with van der Waals surface area (Å²) < 4.78 is 37.3. The molecule has 0 unspecified atom stereocenters. The van der Waals surface area contributed by atoms with Crippen LogP contribution in [0.5, 0.6) is 0 Å². The number of carbonyl (C=O) groups is 2. The summed E-state index contributed by atoms with van der Waals surface area (Å²) in [6.45, 7) is 4.05. The summed E-state index contributed by atoms with van der Waals surface area (Å²) in [5, 5.41) is 8.54. The molecular formula is C22H22F3N3O2S. The smallest absolute Gasteiger partial charge is 0.357 e. The van der Waals surface area contributed by atoms with Gasteiger partial charge in [-0.05, 0) is 60.0 Å². The Morgan fingerprint density at radius 3 is 2.23 bits per heavy atom. The van der Waals surface area contributed by atoms with Gasteiger partial charge in [-0.1, -0.05) is 26.0 Å². The number of allylic oxidation sites excluding steroid dienone is 2. The fourth-order valence-electron chi connectivity index (χ4n) is 3.33. The van der Waals surface area contributed by atoms with Crippen LogP contribution in [0.1, 0.15) is 26.7 Å². The molecule has 164 valence electrons. The van der Waals surface area contributed by atoms with Crippen LogP contribution < -0.4 is 16.0 Å². The van der Waals surface area contributed by atoms with Crippen LogP contribution in [0.3, 0.4) is 0 Å². The molecule has 9 heteroatoms. The lowest BCUT2D eigenvalue weighted by Gasteiger charge is -2.29. The quantitative estimate of drug-likeness (QED) is 0.448. The van der Waals surface area contributed by atoms with E-state index in [0.29, 0.717) is 29.9 Å². The molecule has 0 radical (unpaired) electrons. The summed E-state index contributed by atoms with van der Waals surface area (Å²) in [5.41, 5.74) is -2.25. The first-order chi connectivity index (χ1) is 14.5. The van der Waals surface area contributed by atoms with Crippen molar-refractivity contribution >= 4 is 40.6 Å². The maximum atomic E-state index is 12.4. The highest BCUT2D eigenvalue weighted by Gasteiger charge is 2.29. The molecule has 31 heavy (non-hydrogen) atoms. The standard InChI is InChI=1S/C22H22F3N3O2S/c1-21(2)12-15(11-16(29)13-21)26-18-5-3-4-6-19(18)28-20(30)27-14-7-9-17(10-8-14)31-22(23,24)25/h3-11,26H,12-13H2,1-2H3,(H2,27,28,30). The van der Waals surface area contributed by atoms with E-state index in [4.69, 9.17) is 0 Å². The number of rotatable bonds is 5. The Kier molecular flexibility index (Phi) is 6.64. The second-order valence-corrected chi connectivity index (χ2v) is 9.11. The van der Waals surface area contributed by atoms with E-state index in [0.717, 1.165) is 5.70 Å². The van der Waals surface area contributed by atoms with Gasteiger partial charge in [0.2, 0.25) is 0 Å². The fraction of sp³-hybridized carbons (Fsp3) is 0.273. The fourth-order valence-corrected chi connectivity index (χ4v) is 3.86. The first-order valence-corrected chi connectivity index (χ1v) is 10.3. The van der Waals surface area contributed by atoms with Crippen LogP contribution in [0, 0.1) is 5.41 Å². The van der Waals surface area contributed by atoms with Crippen molar-refractivity contribution in [3.05, 3.63) is 60.3 Å². The first-order valence-electron chi connectivity index (χ1n) is 9.52. The SMILES string of the molecule is CC1(C)CC(=O)C=C(Nc2ccccc2NC(=O)Nc2ccc(SC(F)(F)F)cc2)C1. The largest absolute Gasteiger partial charge is 0.446 e. The lowest BCUT2D eigenvalue weighted by Crippen LogP contribution is -2.25. The topological polar surface area (TPSA) is 70.2 Å². The molecule has 5 nitrogen and oxygen atoms in total. The summed E-state index contributed by atoms with van der Waals surface area (Å²) in [5.74, 6) is 0.0501. The first kappa shape index (κ1) is 22.7. The number of para-hydroxylation sites is 2. The van der Waals surface area contributed by atoms with Crippen molar-refractivity contribution in [2.75, 3.05) is 16.0 Å². The number of hydrogen-bond donors (Lipinski definition) is 3. The summed E-state index contributed by atoms with van der Waals surface area (Å²) in [6, 6.07) is 11.9. The molecule has 0 saturated heterocycles. The molecule has 2 aromatic rings. The zero-order valence-corrected chi connectivity index (χ0v) is 17.8. The molecule has 0 heterocycles. The summed E-state index contributed by atoms with van der Waals surface area (Å²) in [4.78, 5) is 24.4. The number of carbonyl (C=O) groups excluding carboxylic acids is 2. The van der Waals surface area contributed by atoms with Crippen molar-refractivity contribution in [3.63, 3.8) is 0 Å². The molecule has 1 aliphatic rings. The molecule has 3 rings (SSSR count). The van der Waals surface area contributed by atoms with Gasteiger partial charge in [0.1, 0.15) is 0 Å². The third-order valence-electron chi connectivity index (χ3n) is 4.47. The highest BCUT2D eigenvalue weighted by Crippen LogP contribution is 2.37. The Balaban J connectivity index is 1.65. The van der Waals surface area contributed by atoms with Gasteiger partial charge in [-0.25, -0.2) is 4.79 Å². The van der Waals surface area contributed by atoms with Gasteiger partial charge in [0.25, 0.3) is 0 Å². The van der Waals surface area contributed by atoms with Gasteiger partial charge in [-0.2, -0.15) is 13.2 Å². The van der Waals surface area contributed by atoms with Gasteiger partial charge < -0.3 is 16.0 Å². The molecule has 0 saturated carbocycles. The maximum absolute atomic E-state index is 12.4. The Labute approximate surface area is 182 Å². The monoisotopic (exact) mass is 449 g/mol. The van der Waals surface area contributed by atoms with Gasteiger partial charge in [-0.3, -0.25) is 4.79 Å². The molecule has 0 aliphatic heterocycles. The number of urea groups is 1.